The molecule has 0 spiro atoms. The van der Waals surface area contributed by atoms with Crippen LogP contribution in [-0.2, 0) is 11.2 Å². The standard InChI is InChI=1S/C9H11N2O4/c10-8(9(12)13)5-6-1-3-7(4-2-6)11(14)15/h1-4,8,14H,5,10H2,(H,12,13)/q-1/t8-/m1/s1. The molecule has 0 aliphatic carbocycles. The van der Waals surface area contributed by atoms with Gasteiger partial charge in [-0.05, 0) is 24.1 Å². The molecule has 4 N–H and O–H groups in total. The lowest BCUT2D eigenvalue weighted by Gasteiger charge is -2.21. The molecule has 0 aromatic heterocycles. The van der Waals surface area contributed by atoms with Crippen LogP contribution in [0.3, 0.4) is 0 Å². The third kappa shape index (κ3) is 3.21. The van der Waals surface area contributed by atoms with E-state index in [9.17, 15) is 10.0 Å². The smallest absolute Gasteiger partial charge is 0.320 e. The molecule has 0 heterocycles. The monoisotopic (exact) mass is 211 g/mol. The summed E-state index contributed by atoms with van der Waals surface area (Å²) in [7, 11) is 0. The maximum Gasteiger partial charge on any atom is 0.320 e. The van der Waals surface area contributed by atoms with Crippen molar-refractivity contribution in [2.45, 2.75) is 12.5 Å². The molecule has 82 valence electrons. The number of nitrogens with zero attached hydrogens (tertiary/aromatic N) is 1. The van der Waals surface area contributed by atoms with E-state index >= 15 is 0 Å². The van der Waals surface area contributed by atoms with Gasteiger partial charge in [0.25, 0.3) is 0 Å². The SMILES string of the molecule is N[C@H](Cc1ccc(N([O-])O)cc1)C(=O)O. The molecular weight excluding hydrogens is 200 g/mol. The summed E-state index contributed by atoms with van der Waals surface area (Å²) >= 11 is 0. The first kappa shape index (κ1) is 11.4. The van der Waals surface area contributed by atoms with Crippen LogP contribution in [0.2, 0.25) is 0 Å². The van der Waals surface area contributed by atoms with Gasteiger partial charge in [-0.3, -0.25) is 10.0 Å². The van der Waals surface area contributed by atoms with E-state index in [1.54, 1.807) is 12.1 Å². The average molecular weight is 211 g/mol. The van der Waals surface area contributed by atoms with Gasteiger partial charge in [0.1, 0.15) is 6.04 Å². The molecule has 1 aromatic carbocycles. The van der Waals surface area contributed by atoms with Crippen molar-refractivity contribution >= 4 is 11.7 Å². The number of aliphatic carboxylic acids is 1. The highest BCUT2D eigenvalue weighted by Crippen LogP contribution is 2.13. The normalized spacial score (nSPS) is 12.2. The van der Waals surface area contributed by atoms with Crippen molar-refractivity contribution in [3.05, 3.63) is 35.0 Å². The Morgan fingerprint density at radius 3 is 2.40 bits per heavy atom. The molecule has 15 heavy (non-hydrogen) atoms. The number of rotatable bonds is 4. The number of benzene rings is 1. The van der Waals surface area contributed by atoms with Gasteiger partial charge in [0.2, 0.25) is 0 Å². The molecule has 0 aliphatic rings. The molecule has 0 fully saturated rings. The van der Waals surface area contributed by atoms with E-state index in [1.165, 1.54) is 12.1 Å². The molecule has 0 saturated carbocycles. The molecule has 6 nitrogen and oxygen atoms in total. The van der Waals surface area contributed by atoms with Crippen molar-refractivity contribution in [1.82, 2.24) is 0 Å². The quantitative estimate of drug-likeness (QED) is 0.619. The minimum absolute atomic E-state index is 0.0858. The molecule has 0 bridgehead atoms. The average Bonchev–Trinajstić information content (AvgIpc) is 2.18. The van der Waals surface area contributed by atoms with Gasteiger partial charge in [0.15, 0.2) is 0 Å². The molecule has 0 saturated heterocycles. The van der Waals surface area contributed by atoms with Crippen molar-refractivity contribution in [3.8, 4) is 0 Å². The van der Waals surface area contributed by atoms with Gasteiger partial charge in [-0.15, -0.1) is 0 Å². The minimum Gasteiger partial charge on any atom is -0.733 e. The Morgan fingerprint density at radius 2 is 2.00 bits per heavy atom. The second-order valence-corrected chi connectivity index (χ2v) is 3.09. The van der Waals surface area contributed by atoms with Gasteiger partial charge in [-0.1, -0.05) is 12.1 Å². The van der Waals surface area contributed by atoms with Crippen LogP contribution in [-0.4, -0.2) is 22.3 Å². The summed E-state index contributed by atoms with van der Waals surface area (Å²) in [6.45, 7) is 0. The van der Waals surface area contributed by atoms with Gasteiger partial charge in [-0.2, -0.15) is 0 Å². The highest BCUT2D eigenvalue weighted by molar-refractivity contribution is 5.73. The van der Waals surface area contributed by atoms with Crippen molar-refractivity contribution < 1.29 is 15.1 Å². The van der Waals surface area contributed by atoms with Crippen molar-refractivity contribution in [2.24, 2.45) is 5.73 Å². The first-order valence-electron chi connectivity index (χ1n) is 4.24. The Kier molecular flexibility index (Phi) is 3.62. The fraction of sp³-hybridized carbons (Fsp3) is 0.222. The lowest BCUT2D eigenvalue weighted by Crippen LogP contribution is -2.32. The van der Waals surface area contributed by atoms with E-state index in [0.717, 1.165) is 0 Å². The third-order valence-electron chi connectivity index (χ3n) is 1.93. The first-order valence-corrected chi connectivity index (χ1v) is 4.24. The van der Waals surface area contributed by atoms with Crippen molar-refractivity contribution in [2.75, 3.05) is 5.23 Å². The van der Waals surface area contributed by atoms with Crippen LogP contribution in [0, 0.1) is 5.21 Å². The molecule has 6 heteroatoms. The first-order chi connectivity index (χ1) is 7.00. The minimum atomic E-state index is -1.08. The van der Waals surface area contributed by atoms with Crippen LogP contribution in [0.5, 0.6) is 0 Å². The zero-order chi connectivity index (χ0) is 11.4. The van der Waals surface area contributed by atoms with Crippen LogP contribution < -0.4 is 11.0 Å². The summed E-state index contributed by atoms with van der Waals surface area (Å²) in [5.74, 6) is -1.08. The fourth-order valence-electron chi connectivity index (χ4n) is 1.10. The van der Waals surface area contributed by atoms with E-state index < -0.39 is 12.0 Å². The molecule has 1 atom stereocenters. The van der Waals surface area contributed by atoms with Gasteiger partial charge in [-0.25, -0.2) is 0 Å². The predicted octanol–water partition coefficient (Wildman–Crippen LogP) is 0.334. The number of carboxylic acid groups (broad SMARTS) is 1. The Labute approximate surface area is 86.1 Å². The second kappa shape index (κ2) is 4.74. The summed E-state index contributed by atoms with van der Waals surface area (Å²) in [5, 5.41) is 27.3. The fourth-order valence-corrected chi connectivity index (χ4v) is 1.10. The third-order valence-corrected chi connectivity index (χ3v) is 1.93. The van der Waals surface area contributed by atoms with Crippen molar-refractivity contribution in [1.29, 1.82) is 0 Å². The summed E-state index contributed by atoms with van der Waals surface area (Å²) in [6, 6.07) is 4.89. The van der Waals surface area contributed by atoms with Gasteiger partial charge >= 0.3 is 5.97 Å². The summed E-state index contributed by atoms with van der Waals surface area (Å²) in [5.41, 5.74) is 6.10. The molecule has 0 radical (unpaired) electrons. The molecule has 1 aromatic rings. The van der Waals surface area contributed by atoms with E-state index in [-0.39, 0.29) is 17.3 Å². The number of hydrogen-bond donors (Lipinski definition) is 3. The Balaban J connectivity index is 2.68. The zero-order valence-electron chi connectivity index (χ0n) is 7.83. The summed E-state index contributed by atoms with van der Waals surface area (Å²) in [6.07, 6.45) is 0.180. The zero-order valence-corrected chi connectivity index (χ0v) is 7.83. The van der Waals surface area contributed by atoms with Crippen LogP contribution in [0.25, 0.3) is 0 Å². The Bertz CT molecular complexity index is 336. The van der Waals surface area contributed by atoms with Crippen LogP contribution in [0.4, 0.5) is 5.69 Å². The highest BCUT2D eigenvalue weighted by atomic mass is 16.8. The lowest BCUT2D eigenvalue weighted by atomic mass is 10.1. The van der Waals surface area contributed by atoms with E-state index in [4.69, 9.17) is 16.0 Å². The maximum atomic E-state index is 10.5. The number of carboxylic acids is 1. The molecular formula is C9H11N2O4-. The van der Waals surface area contributed by atoms with Crippen LogP contribution >= 0.6 is 0 Å². The lowest BCUT2D eigenvalue weighted by molar-refractivity contribution is -0.138. The maximum absolute atomic E-state index is 10.5. The van der Waals surface area contributed by atoms with Crippen LogP contribution in [0.15, 0.2) is 24.3 Å². The van der Waals surface area contributed by atoms with Gasteiger partial charge in [0, 0.05) is 0 Å². The second-order valence-electron chi connectivity index (χ2n) is 3.09. The highest BCUT2D eigenvalue weighted by Gasteiger charge is 2.11. The van der Waals surface area contributed by atoms with Gasteiger partial charge < -0.3 is 21.3 Å². The van der Waals surface area contributed by atoms with Gasteiger partial charge in [0.05, 0.1) is 5.69 Å². The molecule has 0 unspecified atom stereocenters. The number of anilines is 1. The van der Waals surface area contributed by atoms with E-state index in [1.807, 2.05) is 0 Å². The largest absolute Gasteiger partial charge is 0.733 e. The number of nitrogens with two attached hydrogens (primary N) is 1. The number of carbonyl (C=O) groups is 1. The van der Waals surface area contributed by atoms with E-state index in [0.29, 0.717) is 5.56 Å². The Morgan fingerprint density at radius 1 is 1.47 bits per heavy atom. The Hall–Kier alpha value is -1.63. The molecule has 0 amide bonds. The van der Waals surface area contributed by atoms with Crippen LogP contribution in [0.1, 0.15) is 5.56 Å². The summed E-state index contributed by atoms with van der Waals surface area (Å²) < 4.78 is 0. The van der Waals surface area contributed by atoms with Crippen molar-refractivity contribution in [3.63, 3.8) is 0 Å². The molecule has 1 rings (SSSR count). The van der Waals surface area contributed by atoms with E-state index in [2.05, 4.69) is 0 Å². The topological polar surface area (TPSA) is 110 Å². The predicted molar refractivity (Wildman–Crippen MR) is 53.4 cm³/mol. The number of hydrogen-bond acceptors (Lipinski definition) is 5. The molecule has 0 aliphatic heterocycles. The summed E-state index contributed by atoms with van der Waals surface area (Å²) in [4.78, 5) is 10.5.